The van der Waals surface area contributed by atoms with Crippen LogP contribution in [-0.2, 0) is 43.2 Å². The molecule has 0 aliphatic carbocycles. The number of pyridine rings is 1. The number of hydrazine groups is 1. The summed E-state index contributed by atoms with van der Waals surface area (Å²) >= 11 is 1.48. The first kappa shape index (κ1) is 46.9. The highest BCUT2D eigenvalue weighted by Gasteiger charge is 2.37. The van der Waals surface area contributed by atoms with Crippen molar-refractivity contribution in [1.82, 2.24) is 45.0 Å². The average molecular weight is 913 g/mol. The van der Waals surface area contributed by atoms with Crippen LogP contribution in [0, 0.1) is 5.41 Å². The van der Waals surface area contributed by atoms with Crippen molar-refractivity contribution in [3.8, 4) is 22.5 Å². The van der Waals surface area contributed by atoms with Gasteiger partial charge in [0.2, 0.25) is 0 Å². The summed E-state index contributed by atoms with van der Waals surface area (Å²) in [6.45, 7) is 19.2. The maximum atomic E-state index is 14.4. The lowest BCUT2D eigenvalue weighted by atomic mass is 9.84. The number of likely N-dealkylation sites (N-methyl/N-ethyl adjacent to an activating group) is 1. The number of thiazole rings is 1. The third-order valence-electron chi connectivity index (χ3n) is 13.6. The number of anilines is 1. The number of nitrogens with one attached hydrogen (secondary N) is 2. The minimum Gasteiger partial charge on any atom is -0.464 e. The number of hydrogen-bond donors (Lipinski definition) is 2. The molecule has 4 aliphatic heterocycles. The second-order valence-electron chi connectivity index (χ2n) is 19.0. The van der Waals surface area contributed by atoms with Gasteiger partial charge in [0.1, 0.15) is 12.1 Å². The lowest BCUT2D eigenvalue weighted by Gasteiger charge is -2.39. The van der Waals surface area contributed by atoms with E-state index in [1.807, 2.05) is 32.5 Å². The first-order valence-electron chi connectivity index (χ1n) is 23.4. The molecule has 6 bridgehead atoms. The number of nitrogens with zero attached hydrogens (tertiary/aromatic N) is 8. The van der Waals surface area contributed by atoms with Crippen molar-refractivity contribution >= 4 is 45.8 Å². The van der Waals surface area contributed by atoms with Gasteiger partial charge >= 0.3 is 12.0 Å². The fourth-order valence-electron chi connectivity index (χ4n) is 9.90. The number of benzene rings is 1. The summed E-state index contributed by atoms with van der Waals surface area (Å²) in [7, 11) is 5.53. The predicted molar refractivity (Wildman–Crippen MR) is 254 cm³/mol. The number of methoxy groups -OCH3 is 2. The van der Waals surface area contributed by atoms with Crippen molar-refractivity contribution < 1.29 is 28.6 Å². The summed E-state index contributed by atoms with van der Waals surface area (Å²) in [4.78, 5) is 61.4. The molecule has 352 valence electrons. The van der Waals surface area contributed by atoms with Crippen molar-refractivity contribution in [3.63, 3.8) is 0 Å². The van der Waals surface area contributed by atoms with Gasteiger partial charge in [0, 0.05) is 125 Å². The highest BCUT2D eigenvalue weighted by Crippen LogP contribution is 2.43. The lowest BCUT2D eigenvalue weighted by Crippen LogP contribution is -2.62. The molecule has 17 heteroatoms. The molecule has 0 saturated carbocycles. The van der Waals surface area contributed by atoms with E-state index in [1.54, 1.807) is 19.1 Å². The van der Waals surface area contributed by atoms with Crippen molar-refractivity contribution in [2.45, 2.75) is 91.1 Å². The number of aryl methyl sites for hydroxylation is 1. The van der Waals surface area contributed by atoms with E-state index in [0.29, 0.717) is 45.5 Å². The Kier molecular flexibility index (Phi) is 14.5. The molecule has 3 aromatic heterocycles. The van der Waals surface area contributed by atoms with Crippen LogP contribution in [0.1, 0.15) is 69.8 Å². The Bertz CT molecular complexity index is 2340. The Morgan fingerprint density at radius 2 is 1.89 bits per heavy atom. The molecule has 4 aliphatic rings. The zero-order valence-electron chi connectivity index (χ0n) is 39.5. The first-order valence-corrected chi connectivity index (χ1v) is 24.2. The highest BCUT2D eigenvalue weighted by atomic mass is 32.1. The second kappa shape index (κ2) is 20.1. The van der Waals surface area contributed by atoms with Gasteiger partial charge in [-0.1, -0.05) is 19.9 Å². The predicted octanol–water partition coefficient (Wildman–Crippen LogP) is 5.20. The standard InChI is InChI=1S/C48H68N10O6S/c1-9-56-41-13-12-33-23-35(41)37(44(56)36-24-34(27-49-43(36)32(3)63-8)55-18-16-54(17-19-55)21-22-62-7)26-48(4,5)30-64-46(60)38-11-10-14-58(52-38)45(59)39(25-42-50-40(33)29-65-42)51-47(61)57-20-15-53(6)28-31(57)2/h12-13,23-24,27,29,31-32,38-39,52H,9-11,14-22,25-26,28,30H2,1-8H3,(H,51,61)/t31-,32-,38-,39-/m0/s1. The number of rotatable bonds is 9. The fraction of sp³-hybridized carbons (Fsp3) is 0.604. The molecular formula is C48H68N10O6S. The van der Waals surface area contributed by atoms with Gasteiger partial charge < -0.3 is 38.8 Å². The van der Waals surface area contributed by atoms with Crippen LogP contribution >= 0.6 is 11.3 Å². The van der Waals surface area contributed by atoms with Crippen molar-refractivity contribution in [2.75, 3.05) is 98.3 Å². The van der Waals surface area contributed by atoms with E-state index >= 15 is 0 Å². The normalized spacial score (nSPS) is 23.1. The number of hydrogen-bond acceptors (Lipinski definition) is 13. The van der Waals surface area contributed by atoms with Crippen LogP contribution in [0.5, 0.6) is 0 Å². The summed E-state index contributed by atoms with van der Waals surface area (Å²) in [5.41, 5.74) is 10.7. The minimum absolute atomic E-state index is 0.0170. The molecule has 3 amide bonds. The third kappa shape index (κ3) is 10.2. The number of cyclic esters (lactones) is 1. The van der Waals surface area contributed by atoms with E-state index in [1.165, 1.54) is 16.3 Å². The number of urea groups is 1. The van der Waals surface area contributed by atoms with Gasteiger partial charge in [0.25, 0.3) is 5.91 Å². The van der Waals surface area contributed by atoms with E-state index < -0.39 is 23.5 Å². The largest absolute Gasteiger partial charge is 0.464 e. The summed E-state index contributed by atoms with van der Waals surface area (Å²) in [6, 6.07) is 6.93. The Morgan fingerprint density at radius 1 is 1.09 bits per heavy atom. The summed E-state index contributed by atoms with van der Waals surface area (Å²) in [6.07, 6.45) is 3.66. The molecule has 0 spiro atoms. The Balaban J connectivity index is 1.21. The summed E-state index contributed by atoms with van der Waals surface area (Å²) < 4.78 is 19.9. The number of carbonyl (C=O) groups excluding carboxylic acids is 3. The fourth-order valence-corrected chi connectivity index (χ4v) is 10.7. The number of amides is 3. The van der Waals surface area contributed by atoms with Crippen molar-refractivity contribution in [2.24, 2.45) is 5.41 Å². The molecular weight excluding hydrogens is 845 g/mol. The number of ether oxygens (including phenoxy) is 3. The van der Waals surface area contributed by atoms with Crippen LogP contribution < -0.4 is 15.6 Å². The maximum Gasteiger partial charge on any atom is 0.324 e. The van der Waals surface area contributed by atoms with Crippen LogP contribution in [-0.4, -0.2) is 164 Å². The third-order valence-corrected chi connectivity index (χ3v) is 14.5. The number of piperazine rings is 2. The molecule has 0 unspecified atom stereocenters. The van der Waals surface area contributed by atoms with Crippen LogP contribution in [0.15, 0.2) is 35.8 Å². The Labute approximate surface area is 387 Å². The molecule has 3 saturated heterocycles. The SMILES string of the molecule is CCn1c(-c2cc(N3CCN(CCOC)CC3)cnc2[C@H](C)OC)c2c3cc(ccc31)-c1csc(n1)C[C@H](NC(=O)N1CCN(C)C[C@@H]1C)C(=O)N1CCC[C@H](N1)C(=O)OCC(C)(C)C2. The number of carbonyl (C=O) groups is 3. The zero-order chi connectivity index (χ0) is 46.0. The summed E-state index contributed by atoms with van der Waals surface area (Å²) in [5.74, 6) is -0.706. The molecule has 1 aromatic carbocycles. The van der Waals surface area contributed by atoms with Crippen LogP contribution in [0.4, 0.5) is 10.5 Å². The number of fused-ring (bicyclic) bond motifs is 6. The lowest BCUT2D eigenvalue weighted by molar-refractivity contribution is -0.155. The Hall–Kier alpha value is -4.65. The Morgan fingerprint density at radius 3 is 2.63 bits per heavy atom. The van der Waals surface area contributed by atoms with Gasteiger partial charge in [-0.15, -0.1) is 11.3 Å². The van der Waals surface area contributed by atoms with Crippen LogP contribution in [0.3, 0.4) is 0 Å². The monoisotopic (exact) mass is 913 g/mol. The van der Waals surface area contributed by atoms with E-state index in [0.717, 1.165) is 101 Å². The number of esters is 1. The van der Waals surface area contributed by atoms with Gasteiger partial charge in [-0.25, -0.2) is 15.2 Å². The van der Waals surface area contributed by atoms with E-state index in [4.69, 9.17) is 24.2 Å². The van der Waals surface area contributed by atoms with E-state index in [-0.39, 0.29) is 37.1 Å². The van der Waals surface area contributed by atoms with Gasteiger partial charge in [0.05, 0.1) is 53.3 Å². The first-order chi connectivity index (χ1) is 31.3. The molecule has 8 rings (SSSR count). The van der Waals surface area contributed by atoms with Gasteiger partial charge in [0.15, 0.2) is 0 Å². The van der Waals surface area contributed by atoms with Crippen LogP contribution in [0.25, 0.3) is 33.4 Å². The molecule has 2 N–H and O–H groups in total. The van der Waals surface area contributed by atoms with Crippen molar-refractivity contribution in [1.29, 1.82) is 0 Å². The smallest absolute Gasteiger partial charge is 0.324 e. The van der Waals surface area contributed by atoms with E-state index in [9.17, 15) is 14.4 Å². The minimum atomic E-state index is -0.906. The average Bonchev–Trinajstić information content (AvgIpc) is 3.90. The maximum absolute atomic E-state index is 14.4. The molecule has 4 atom stereocenters. The molecule has 4 aromatic rings. The summed E-state index contributed by atoms with van der Waals surface area (Å²) in [5, 5.41) is 8.45. The van der Waals surface area contributed by atoms with E-state index in [2.05, 4.69) is 75.0 Å². The van der Waals surface area contributed by atoms with Gasteiger partial charge in [-0.05, 0) is 70.8 Å². The quantitative estimate of drug-likeness (QED) is 0.213. The van der Waals surface area contributed by atoms with Crippen LogP contribution in [0.2, 0.25) is 0 Å². The molecule has 16 nitrogen and oxygen atoms in total. The molecule has 0 radical (unpaired) electrons. The van der Waals surface area contributed by atoms with Gasteiger partial charge in [-0.3, -0.25) is 24.5 Å². The van der Waals surface area contributed by atoms with Crippen molar-refractivity contribution in [3.05, 3.63) is 52.1 Å². The molecule has 65 heavy (non-hydrogen) atoms. The number of aromatic nitrogens is 3. The zero-order valence-corrected chi connectivity index (χ0v) is 40.3. The second-order valence-corrected chi connectivity index (χ2v) is 20.0. The molecule has 3 fully saturated rings. The highest BCUT2D eigenvalue weighted by molar-refractivity contribution is 7.10. The topological polar surface area (TPSA) is 150 Å². The molecule has 7 heterocycles. The van der Waals surface area contributed by atoms with Gasteiger partial charge in [-0.2, -0.15) is 0 Å².